The topological polar surface area (TPSA) is 30.5 Å². The Bertz CT molecular complexity index is 295. The van der Waals surface area contributed by atoms with Gasteiger partial charge < -0.3 is 14.8 Å². The minimum atomic E-state index is 0.245. The highest BCUT2D eigenvalue weighted by molar-refractivity contribution is 4.96. The van der Waals surface area contributed by atoms with E-state index >= 15 is 0 Å². The van der Waals surface area contributed by atoms with Crippen molar-refractivity contribution in [2.75, 3.05) is 26.4 Å². The van der Waals surface area contributed by atoms with Gasteiger partial charge in [0.25, 0.3) is 0 Å². The first-order chi connectivity index (χ1) is 9.83. The zero-order chi connectivity index (χ0) is 13.8. The van der Waals surface area contributed by atoms with Gasteiger partial charge in [-0.25, -0.2) is 0 Å². The van der Waals surface area contributed by atoms with Gasteiger partial charge in [0.1, 0.15) is 0 Å². The van der Waals surface area contributed by atoms with E-state index < -0.39 is 0 Å². The Morgan fingerprint density at radius 1 is 1.15 bits per heavy atom. The van der Waals surface area contributed by atoms with Crippen LogP contribution in [0, 0.1) is 11.8 Å². The third-order valence-corrected chi connectivity index (χ3v) is 5.66. The van der Waals surface area contributed by atoms with Gasteiger partial charge in [-0.1, -0.05) is 19.8 Å². The first-order valence-corrected chi connectivity index (χ1v) is 8.78. The molecule has 2 saturated heterocycles. The van der Waals surface area contributed by atoms with E-state index in [0.29, 0.717) is 6.04 Å². The van der Waals surface area contributed by atoms with Gasteiger partial charge >= 0.3 is 0 Å². The Kier molecular flexibility index (Phi) is 5.00. The van der Waals surface area contributed by atoms with Crippen LogP contribution in [0.25, 0.3) is 0 Å². The molecule has 2 aliphatic heterocycles. The van der Waals surface area contributed by atoms with Crippen molar-refractivity contribution < 1.29 is 9.47 Å². The summed E-state index contributed by atoms with van der Waals surface area (Å²) >= 11 is 0. The van der Waals surface area contributed by atoms with Crippen molar-refractivity contribution in [3.63, 3.8) is 0 Å². The smallest absolute Gasteiger partial charge is 0.0685 e. The van der Waals surface area contributed by atoms with Crippen LogP contribution in [0.15, 0.2) is 0 Å². The molecule has 3 atom stereocenters. The van der Waals surface area contributed by atoms with Gasteiger partial charge in [0.15, 0.2) is 0 Å². The average molecular weight is 281 g/mol. The van der Waals surface area contributed by atoms with Gasteiger partial charge in [-0.2, -0.15) is 0 Å². The van der Waals surface area contributed by atoms with Crippen molar-refractivity contribution in [2.24, 2.45) is 11.8 Å². The van der Waals surface area contributed by atoms with Crippen LogP contribution in [0.1, 0.15) is 58.3 Å². The van der Waals surface area contributed by atoms with Crippen LogP contribution in [0.5, 0.6) is 0 Å². The highest BCUT2D eigenvalue weighted by Crippen LogP contribution is 2.44. The van der Waals surface area contributed by atoms with Crippen LogP contribution >= 0.6 is 0 Å². The molecule has 3 rings (SSSR count). The molecule has 3 unspecified atom stereocenters. The second-order valence-electron chi connectivity index (χ2n) is 7.10. The van der Waals surface area contributed by atoms with Crippen LogP contribution in [-0.4, -0.2) is 38.0 Å². The Morgan fingerprint density at radius 2 is 1.95 bits per heavy atom. The molecule has 0 aromatic carbocycles. The Morgan fingerprint density at radius 3 is 2.65 bits per heavy atom. The molecule has 3 heteroatoms. The number of hydrogen-bond donors (Lipinski definition) is 1. The Hall–Kier alpha value is -0.120. The molecule has 20 heavy (non-hydrogen) atoms. The Balaban J connectivity index is 1.65. The van der Waals surface area contributed by atoms with Crippen molar-refractivity contribution in [1.29, 1.82) is 0 Å². The van der Waals surface area contributed by atoms with Gasteiger partial charge in [-0.3, -0.25) is 0 Å². The summed E-state index contributed by atoms with van der Waals surface area (Å²) in [6.45, 7) is 6.31. The summed E-state index contributed by atoms with van der Waals surface area (Å²) in [6, 6.07) is 0.652. The molecule has 0 amide bonds. The SMILES string of the molecule is CCCNC(C1CCOC1)C1CCOC2(CCCC2)C1. The number of hydrogen-bond acceptors (Lipinski definition) is 3. The highest BCUT2D eigenvalue weighted by atomic mass is 16.5. The van der Waals surface area contributed by atoms with E-state index in [-0.39, 0.29) is 5.60 Å². The minimum absolute atomic E-state index is 0.245. The number of nitrogens with one attached hydrogen (secondary N) is 1. The molecule has 0 aromatic heterocycles. The maximum Gasteiger partial charge on any atom is 0.0685 e. The zero-order valence-electron chi connectivity index (χ0n) is 13.0. The fraction of sp³-hybridized carbons (Fsp3) is 1.00. The van der Waals surface area contributed by atoms with E-state index in [1.54, 1.807) is 0 Å². The van der Waals surface area contributed by atoms with Gasteiger partial charge in [0, 0.05) is 25.2 Å². The van der Waals surface area contributed by atoms with Crippen molar-refractivity contribution in [3.05, 3.63) is 0 Å². The minimum Gasteiger partial charge on any atom is -0.381 e. The van der Waals surface area contributed by atoms with Crippen LogP contribution in [0.2, 0.25) is 0 Å². The van der Waals surface area contributed by atoms with Crippen LogP contribution in [0.4, 0.5) is 0 Å². The van der Waals surface area contributed by atoms with E-state index in [4.69, 9.17) is 9.47 Å². The average Bonchev–Trinajstić information content (AvgIpc) is 3.12. The third-order valence-electron chi connectivity index (χ3n) is 5.66. The second kappa shape index (κ2) is 6.76. The summed E-state index contributed by atoms with van der Waals surface area (Å²) in [5.74, 6) is 1.52. The standard InChI is InChI=1S/C17H31NO2/c1-2-9-18-16(15-5-10-19-13-15)14-6-11-20-17(12-14)7-3-4-8-17/h14-16,18H,2-13H2,1H3. The van der Waals surface area contributed by atoms with Gasteiger partial charge in [0.05, 0.1) is 12.2 Å². The number of ether oxygens (including phenoxy) is 2. The second-order valence-corrected chi connectivity index (χ2v) is 7.10. The first kappa shape index (κ1) is 14.8. The molecule has 1 N–H and O–H groups in total. The van der Waals surface area contributed by atoms with E-state index in [9.17, 15) is 0 Å². The molecule has 0 radical (unpaired) electrons. The lowest BCUT2D eigenvalue weighted by molar-refractivity contribution is -0.101. The van der Waals surface area contributed by atoms with Gasteiger partial charge in [-0.05, 0) is 51.0 Å². The molecule has 3 nitrogen and oxygen atoms in total. The molecular formula is C17H31NO2. The summed E-state index contributed by atoms with van der Waals surface area (Å²) in [7, 11) is 0. The first-order valence-electron chi connectivity index (χ1n) is 8.78. The fourth-order valence-corrected chi connectivity index (χ4v) is 4.61. The van der Waals surface area contributed by atoms with E-state index in [2.05, 4.69) is 12.2 Å². The normalized spacial score (nSPS) is 34.6. The van der Waals surface area contributed by atoms with E-state index in [0.717, 1.165) is 38.2 Å². The zero-order valence-corrected chi connectivity index (χ0v) is 13.0. The predicted octanol–water partition coefficient (Wildman–Crippen LogP) is 3.13. The maximum absolute atomic E-state index is 6.21. The van der Waals surface area contributed by atoms with Crippen molar-refractivity contribution >= 4 is 0 Å². The largest absolute Gasteiger partial charge is 0.381 e. The fourth-order valence-electron chi connectivity index (χ4n) is 4.61. The molecular weight excluding hydrogens is 250 g/mol. The van der Waals surface area contributed by atoms with Crippen molar-refractivity contribution in [2.45, 2.75) is 69.9 Å². The molecule has 2 heterocycles. The van der Waals surface area contributed by atoms with E-state index in [1.807, 2.05) is 0 Å². The van der Waals surface area contributed by atoms with Crippen LogP contribution in [-0.2, 0) is 9.47 Å². The maximum atomic E-state index is 6.21. The molecule has 1 aliphatic carbocycles. The lowest BCUT2D eigenvalue weighted by Crippen LogP contribution is -2.49. The summed E-state index contributed by atoms with van der Waals surface area (Å²) in [4.78, 5) is 0. The van der Waals surface area contributed by atoms with E-state index in [1.165, 1.54) is 51.4 Å². The lowest BCUT2D eigenvalue weighted by atomic mass is 9.76. The predicted molar refractivity (Wildman–Crippen MR) is 80.9 cm³/mol. The van der Waals surface area contributed by atoms with Crippen molar-refractivity contribution in [3.8, 4) is 0 Å². The van der Waals surface area contributed by atoms with Crippen molar-refractivity contribution in [1.82, 2.24) is 5.32 Å². The molecule has 0 aromatic rings. The quantitative estimate of drug-likeness (QED) is 0.840. The summed E-state index contributed by atoms with van der Waals surface area (Å²) in [5.41, 5.74) is 0.245. The third kappa shape index (κ3) is 3.20. The molecule has 116 valence electrons. The molecule has 1 spiro atoms. The highest BCUT2D eigenvalue weighted by Gasteiger charge is 2.43. The monoisotopic (exact) mass is 281 g/mol. The molecule has 0 bridgehead atoms. The molecule has 3 fully saturated rings. The van der Waals surface area contributed by atoms with Gasteiger partial charge in [0.2, 0.25) is 0 Å². The summed E-state index contributed by atoms with van der Waals surface area (Å²) < 4.78 is 11.9. The number of rotatable bonds is 5. The lowest BCUT2D eigenvalue weighted by Gasteiger charge is -2.43. The summed E-state index contributed by atoms with van der Waals surface area (Å²) in [5, 5.41) is 3.85. The van der Waals surface area contributed by atoms with Gasteiger partial charge in [-0.15, -0.1) is 0 Å². The molecule has 3 aliphatic rings. The van der Waals surface area contributed by atoms with Crippen LogP contribution in [0.3, 0.4) is 0 Å². The van der Waals surface area contributed by atoms with Crippen LogP contribution < -0.4 is 5.32 Å². The Labute approximate surface area is 123 Å². The molecule has 1 saturated carbocycles. The summed E-state index contributed by atoms with van der Waals surface area (Å²) in [6.07, 6.45) is 10.3.